The summed E-state index contributed by atoms with van der Waals surface area (Å²) in [5.41, 5.74) is 1.97. The number of benzene rings is 1. The van der Waals surface area contributed by atoms with E-state index in [0.717, 1.165) is 11.1 Å². The molecular formula is C12H14ClN3O2S. The molecule has 102 valence electrons. The van der Waals surface area contributed by atoms with Crippen molar-refractivity contribution in [2.45, 2.75) is 25.4 Å². The van der Waals surface area contributed by atoms with Crippen molar-refractivity contribution < 1.29 is 8.42 Å². The van der Waals surface area contributed by atoms with Crippen LogP contribution in [0.15, 0.2) is 29.4 Å². The monoisotopic (exact) mass is 299 g/mol. The Labute approximate surface area is 117 Å². The fraction of sp³-hybridized carbons (Fsp3) is 0.250. The predicted molar refractivity (Wildman–Crippen MR) is 73.6 cm³/mol. The van der Waals surface area contributed by atoms with Crippen molar-refractivity contribution in [3.05, 3.63) is 46.4 Å². The average molecular weight is 300 g/mol. The Balaban J connectivity index is 2.36. The van der Waals surface area contributed by atoms with Crippen LogP contribution in [-0.4, -0.2) is 18.0 Å². The summed E-state index contributed by atoms with van der Waals surface area (Å²) in [7, 11) is -3.78. The lowest BCUT2D eigenvalue weighted by molar-refractivity contribution is 0.594. The van der Waals surface area contributed by atoms with Gasteiger partial charge < -0.3 is 4.57 Å². The molecule has 0 atom stereocenters. The second kappa shape index (κ2) is 4.96. The van der Waals surface area contributed by atoms with Crippen LogP contribution in [0.3, 0.4) is 0 Å². The zero-order chi connectivity index (χ0) is 14.2. The van der Waals surface area contributed by atoms with E-state index < -0.39 is 10.0 Å². The number of rotatable bonds is 3. The number of hydrogen-bond donors (Lipinski definition) is 1. The van der Waals surface area contributed by atoms with Crippen LogP contribution in [0.25, 0.3) is 0 Å². The first-order valence-corrected chi connectivity index (χ1v) is 7.51. The minimum atomic E-state index is -3.78. The highest BCUT2D eigenvalue weighted by Crippen LogP contribution is 2.20. The summed E-state index contributed by atoms with van der Waals surface area (Å²) in [5, 5.41) is 5.56. The largest absolute Gasteiger partial charge is 0.329 e. The van der Waals surface area contributed by atoms with E-state index in [-0.39, 0.29) is 5.03 Å². The van der Waals surface area contributed by atoms with E-state index >= 15 is 0 Å². The van der Waals surface area contributed by atoms with Gasteiger partial charge in [-0.05, 0) is 31.0 Å². The number of sulfonamides is 1. The zero-order valence-corrected chi connectivity index (χ0v) is 12.2. The van der Waals surface area contributed by atoms with E-state index in [2.05, 4.69) is 4.98 Å². The van der Waals surface area contributed by atoms with E-state index in [4.69, 9.17) is 16.7 Å². The highest BCUT2D eigenvalue weighted by molar-refractivity contribution is 7.89. The minimum Gasteiger partial charge on any atom is -0.329 e. The molecule has 1 aromatic heterocycles. The normalized spacial score (nSPS) is 11.8. The molecule has 2 rings (SSSR count). The molecule has 1 aromatic carbocycles. The van der Waals surface area contributed by atoms with Crippen molar-refractivity contribution in [2.75, 3.05) is 0 Å². The van der Waals surface area contributed by atoms with E-state index in [0.29, 0.717) is 17.4 Å². The van der Waals surface area contributed by atoms with Gasteiger partial charge >= 0.3 is 0 Å². The highest BCUT2D eigenvalue weighted by Gasteiger charge is 2.14. The summed E-state index contributed by atoms with van der Waals surface area (Å²) in [6.07, 6.45) is 1.42. The maximum atomic E-state index is 11.2. The minimum absolute atomic E-state index is 0.131. The van der Waals surface area contributed by atoms with Gasteiger partial charge in [0.05, 0.1) is 6.54 Å². The number of aromatic nitrogens is 2. The summed E-state index contributed by atoms with van der Waals surface area (Å²) in [5.74, 6) is 0.570. The van der Waals surface area contributed by atoms with Crippen LogP contribution in [0.4, 0.5) is 0 Å². The van der Waals surface area contributed by atoms with Gasteiger partial charge in [-0.25, -0.2) is 18.5 Å². The molecule has 0 saturated heterocycles. The number of halogens is 1. The fourth-order valence-corrected chi connectivity index (χ4v) is 2.57. The van der Waals surface area contributed by atoms with Gasteiger partial charge in [-0.1, -0.05) is 23.7 Å². The number of nitrogens with zero attached hydrogens (tertiary/aromatic N) is 2. The third-order valence-corrected chi connectivity index (χ3v) is 3.93. The van der Waals surface area contributed by atoms with Gasteiger partial charge in [-0.15, -0.1) is 0 Å². The van der Waals surface area contributed by atoms with Crippen molar-refractivity contribution in [1.82, 2.24) is 9.55 Å². The van der Waals surface area contributed by atoms with Gasteiger partial charge in [0.1, 0.15) is 5.82 Å². The molecule has 0 spiro atoms. The van der Waals surface area contributed by atoms with Crippen LogP contribution >= 0.6 is 11.6 Å². The van der Waals surface area contributed by atoms with Crippen LogP contribution < -0.4 is 5.14 Å². The van der Waals surface area contributed by atoms with Gasteiger partial charge in [0.25, 0.3) is 10.0 Å². The molecular weight excluding hydrogens is 286 g/mol. The first kappa shape index (κ1) is 14.0. The first-order valence-electron chi connectivity index (χ1n) is 5.59. The smallest absolute Gasteiger partial charge is 0.257 e. The number of imidazole rings is 1. The molecule has 0 saturated carbocycles. The van der Waals surface area contributed by atoms with Crippen LogP contribution in [0, 0.1) is 13.8 Å². The standard InChI is InChI=1S/C12H14ClN3O2S/c1-8-3-4-10(11(13)5-8)6-16-7-12(15-9(16)2)19(14,17)18/h3-5,7H,6H2,1-2H3,(H2,14,17,18). The lowest BCUT2D eigenvalue weighted by atomic mass is 10.1. The van der Waals surface area contributed by atoms with Crippen LogP contribution in [-0.2, 0) is 16.6 Å². The van der Waals surface area contributed by atoms with E-state index in [1.54, 1.807) is 11.5 Å². The molecule has 2 aromatic rings. The topological polar surface area (TPSA) is 78.0 Å². The summed E-state index contributed by atoms with van der Waals surface area (Å²) in [6, 6.07) is 5.73. The summed E-state index contributed by atoms with van der Waals surface area (Å²) in [6.45, 7) is 4.13. The molecule has 0 aliphatic rings. The van der Waals surface area contributed by atoms with Crippen molar-refractivity contribution in [3.8, 4) is 0 Å². The summed E-state index contributed by atoms with van der Waals surface area (Å²) in [4.78, 5) is 3.93. The third-order valence-electron chi connectivity index (χ3n) is 2.79. The number of primary sulfonamides is 1. The molecule has 0 bridgehead atoms. The Hall–Kier alpha value is -1.37. The summed E-state index contributed by atoms with van der Waals surface area (Å²) < 4.78 is 24.2. The molecule has 0 fully saturated rings. The fourth-order valence-electron chi connectivity index (χ4n) is 1.74. The van der Waals surface area contributed by atoms with Gasteiger partial charge in [-0.3, -0.25) is 0 Å². The molecule has 7 heteroatoms. The van der Waals surface area contributed by atoms with Crippen molar-refractivity contribution >= 4 is 21.6 Å². The molecule has 0 unspecified atom stereocenters. The summed E-state index contributed by atoms with van der Waals surface area (Å²) >= 11 is 6.15. The average Bonchev–Trinajstić information content (AvgIpc) is 2.64. The Morgan fingerprint density at radius 3 is 2.58 bits per heavy atom. The lowest BCUT2D eigenvalue weighted by Crippen LogP contribution is -2.12. The SMILES string of the molecule is Cc1ccc(Cn2cc(S(N)(=O)=O)nc2C)c(Cl)c1. The number of nitrogens with two attached hydrogens (primary N) is 1. The van der Waals surface area contributed by atoms with Crippen molar-refractivity contribution in [2.24, 2.45) is 5.14 Å². The van der Waals surface area contributed by atoms with Crippen molar-refractivity contribution in [3.63, 3.8) is 0 Å². The molecule has 5 nitrogen and oxygen atoms in total. The Morgan fingerprint density at radius 1 is 1.37 bits per heavy atom. The Morgan fingerprint density at radius 2 is 2.05 bits per heavy atom. The number of hydrogen-bond acceptors (Lipinski definition) is 3. The second-order valence-corrected chi connectivity index (χ2v) is 6.31. The molecule has 1 heterocycles. The molecule has 0 aliphatic heterocycles. The van der Waals surface area contributed by atoms with Crippen LogP contribution in [0.1, 0.15) is 17.0 Å². The first-order chi connectivity index (χ1) is 8.77. The van der Waals surface area contributed by atoms with Gasteiger partial charge in [0.15, 0.2) is 5.03 Å². The second-order valence-electron chi connectivity index (χ2n) is 4.39. The van der Waals surface area contributed by atoms with Crippen molar-refractivity contribution in [1.29, 1.82) is 0 Å². The molecule has 2 N–H and O–H groups in total. The van der Waals surface area contributed by atoms with E-state index in [1.807, 2.05) is 25.1 Å². The Bertz CT molecular complexity index is 723. The molecule has 0 aliphatic carbocycles. The molecule has 0 amide bonds. The van der Waals surface area contributed by atoms with Gasteiger partial charge in [0, 0.05) is 11.2 Å². The van der Waals surface area contributed by atoms with Gasteiger partial charge in [-0.2, -0.15) is 0 Å². The van der Waals surface area contributed by atoms with E-state index in [1.165, 1.54) is 6.20 Å². The number of aryl methyl sites for hydroxylation is 2. The third kappa shape index (κ3) is 3.15. The Kier molecular flexibility index (Phi) is 3.66. The van der Waals surface area contributed by atoms with Crippen LogP contribution in [0.5, 0.6) is 0 Å². The maximum absolute atomic E-state index is 11.2. The molecule has 0 radical (unpaired) electrons. The van der Waals surface area contributed by atoms with Gasteiger partial charge in [0.2, 0.25) is 0 Å². The predicted octanol–water partition coefficient (Wildman–Crippen LogP) is 1.85. The van der Waals surface area contributed by atoms with E-state index in [9.17, 15) is 8.42 Å². The van der Waals surface area contributed by atoms with Crippen LogP contribution in [0.2, 0.25) is 5.02 Å². The quantitative estimate of drug-likeness (QED) is 0.939. The lowest BCUT2D eigenvalue weighted by Gasteiger charge is -2.07. The molecule has 19 heavy (non-hydrogen) atoms. The highest BCUT2D eigenvalue weighted by atomic mass is 35.5. The maximum Gasteiger partial charge on any atom is 0.257 e. The zero-order valence-electron chi connectivity index (χ0n) is 10.6.